The second-order valence-electron chi connectivity index (χ2n) is 12.1. The van der Waals surface area contributed by atoms with Gasteiger partial charge in [0.2, 0.25) is 17.9 Å². The largest absolute Gasteiger partial charge is 0.480 e. The number of benzene rings is 2. The van der Waals surface area contributed by atoms with E-state index in [1.807, 2.05) is 4.90 Å². The number of piperidine rings is 1. The van der Waals surface area contributed by atoms with Crippen LogP contribution >= 0.6 is 11.6 Å². The number of hydrogen-bond acceptors (Lipinski definition) is 9. The molecule has 250 valence electrons. The number of hydrogen-bond donors (Lipinski definition) is 3. The lowest BCUT2D eigenvalue weighted by molar-refractivity contribution is -0.198. The third-order valence-electron chi connectivity index (χ3n) is 9.07. The molecule has 4 heterocycles. The Bertz CT molecular complexity index is 1650. The zero-order chi connectivity index (χ0) is 33.3. The summed E-state index contributed by atoms with van der Waals surface area (Å²) in [4.78, 5) is 36.4. The zero-order valence-corrected chi connectivity index (χ0v) is 26.1. The molecule has 1 unspecified atom stereocenters. The van der Waals surface area contributed by atoms with E-state index in [-0.39, 0.29) is 39.3 Å². The molecule has 6 rings (SSSR count). The van der Waals surface area contributed by atoms with Crippen molar-refractivity contribution in [1.82, 2.24) is 20.2 Å². The minimum atomic E-state index is -4.88. The average molecular weight is 675 g/mol. The average Bonchev–Trinajstić information content (AvgIpc) is 3.47. The van der Waals surface area contributed by atoms with Crippen LogP contribution in [0.15, 0.2) is 48.5 Å². The minimum absolute atomic E-state index is 0.143. The van der Waals surface area contributed by atoms with Gasteiger partial charge in [-0.3, -0.25) is 9.59 Å². The number of nitrogens with one attached hydrogen (secondary N) is 1. The number of nitrogens with zero attached hydrogens (tertiary/aromatic N) is 4. The van der Waals surface area contributed by atoms with Gasteiger partial charge in [-0.2, -0.15) is 23.1 Å². The maximum atomic E-state index is 14.8. The number of ether oxygens (including phenoxy) is 2. The van der Waals surface area contributed by atoms with Gasteiger partial charge in [0.15, 0.2) is 0 Å². The first kappa shape index (κ1) is 32.8. The van der Waals surface area contributed by atoms with Gasteiger partial charge in [0, 0.05) is 54.9 Å². The number of anilines is 2. The SMILES string of the molecule is Nc1nc(OC(c2ccc(Cl)cc2-c2cccc(C(=O)N3CCOCC3)c2)C(F)(F)F)cc(N2CCC3(CC2)CN[C@H](C(=O)O)C3)n1. The molecule has 3 aromatic rings. The highest BCUT2D eigenvalue weighted by atomic mass is 35.5. The number of alkyl halides is 3. The molecule has 4 N–H and O–H groups in total. The van der Waals surface area contributed by atoms with E-state index in [4.69, 9.17) is 26.8 Å². The van der Waals surface area contributed by atoms with Crippen LogP contribution in [0, 0.1) is 5.41 Å². The van der Waals surface area contributed by atoms with Crippen molar-refractivity contribution in [2.45, 2.75) is 37.6 Å². The molecule has 0 bridgehead atoms. The van der Waals surface area contributed by atoms with E-state index in [9.17, 15) is 27.9 Å². The van der Waals surface area contributed by atoms with Gasteiger partial charge in [0.1, 0.15) is 11.9 Å². The molecule has 47 heavy (non-hydrogen) atoms. The summed E-state index contributed by atoms with van der Waals surface area (Å²) in [5, 5.41) is 12.7. The molecule has 11 nitrogen and oxygen atoms in total. The van der Waals surface area contributed by atoms with Crippen molar-refractivity contribution in [3.8, 4) is 17.0 Å². The predicted octanol–water partition coefficient (Wildman–Crippen LogP) is 4.57. The summed E-state index contributed by atoms with van der Waals surface area (Å²) in [6.45, 7) is 3.25. The van der Waals surface area contributed by atoms with Crippen LogP contribution in [0.3, 0.4) is 0 Å². The number of amides is 1. The van der Waals surface area contributed by atoms with E-state index in [0.29, 0.717) is 82.1 Å². The number of aliphatic carboxylic acids is 1. The van der Waals surface area contributed by atoms with Crippen LogP contribution in [-0.4, -0.2) is 90.0 Å². The fourth-order valence-electron chi connectivity index (χ4n) is 6.54. The fraction of sp³-hybridized carbons (Fsp3) is 0.438. The molecule has 1 amide bonds. The van der Waals surface area contributed by atoms with Gasteiger partial charge in [-0.05, 0) is 60.1 Å². The van der Waals surface area contributed by atoms with E-state index in [2.05, 4.69) is 15.3 Å². The molecule has 2 atom stereocenters. The molecule has 3 aliphatic heterocycles. The van der Waals surface area contributed by atoms with Crippen molar-refractivity contribution < 1.29 is 37.3 Å². The normalized spacial score (nSPS) is 20.3. The van der Waals surface area contributed by atoms with Crippen molar-refractivity contribution >= 4 is 35.2 Å². The molecule has 3 fully saturated rings. The van der Waals surface area contributed by atoms with E-state index in [1.165, 1.54) is 24.3 Å². The Balaban J connectivity index is 1.26. The monoisotopic (exact) mass is 674 g/mol. The number of carboxylic acid groups (broad SMARTS) is 1. The first-order chi connectivity index (χ1) is 22.4. The minimum Gasteiger partial charge on any atom is -0.480 e. The van der Waals surface area contributed by atoms with Crippen molar-refractivity contribution in [2.24, 2.45) is 5.41 Å². The predicted molar refractivity (Wildman–Crippen MR) is 167 cm³/mol. The molecule has 0 saturated carbocycles. The maximum absolute atomic E-state index is 14.8. The summed E-state index contributed by atoms with van der Waals surface area (Å²) in [6.07, 6.45) is -5.47. The number of carbonyl (C=O) groups excluding carboxylic acids is 1. The highest BCUT2D eigenvalue weighted by molar-refractivity contribution is 6.30. The molecule has 1 aromatic heterocycles. The van der Waals surface area contributed by atoms with Gasteiger partial charge in [0.25, 0.3) is 5.91 Å². The lowest BCUT2D eigenvalue weighted by atomic mass is 9.76. The van der Waals surface area contributed by atoms with Crippen molar-refractivity contribution in [3.05, 3.63) is 64.7 Å². The van der Waals surface area contributed by atoms with Crippen LogP contribution in [0.4, 0.5) is 24.9 Å². The number of nitrogen functional groups attached to an aromatic ring is 1. The smallest absolute Gasteiger partial charge is 0.429 e. The molecule has 0 radical (unpaired) electrons. The Labute approximate surface area is 273 Å². The summed E-state index contributed by atoms with van der Waals surface area (Å²) in [6, 6.07) is 11.1. The third-order valence-corrected chi connectivity index (χ3v) is 9.30. The molecule has 0 aliphatic carbocycles. The summed E-state index contributed by atoms with van der Waals surface area (Å²) < 4.78 is 55.3. The molecule has 3 aliphatic rings. The fourth-order valence-corrected chi connectivity index (χ4v) is 6.71. The van der Waals surface area contributed by atoms with Gasteiger partial charge in [0.05, 0.1) is 13.2 Å². The zero-order valence-electron chi connectivity index (χ0n) is 25.3. The molecule has 2 aromatic carbocycles. The van der Waals surface area contributed by atoms with Crippen molar-refractivity contribution in [2.75, 3.05) is 56.6 Å². The Morgan fingerprint density at radius 2 is 1.83 bits per heavy atom. The number of carboxylic acids is 1. The van der Waals surface area contributed by atoms with Gasteiger partial charge in [-0.1, -0.05) is 29.8 Å². The van der Waals surface area contributed by atoms with Crippen LogP contribution < -0.4 is 20.7 Å². The van der Waals surface area contributed by atoms with E-state index >= 15 is 0 Å². The lowest BCUT2D eigenvalue weighted by Gasteiger charge is -2.39. The van der Waals surface area contributed by atoms with Crippen LogP contribution in [0.25, 0.3) is 11.1 Å². The number of morpholine rings is 1. The van der Waals surface area contributed by atoms with Crippen molar-refractivity contribution in [1.29, 1.82) is 0 Å². The van der Waals surface area contributed by atoms with Crippen LogP contribution in [0.2, 0.25) is 5.02 Å². The van der Waals surface area contributed by atoms with Crippen LogP contribution in [0.5, 0.6) is 5.88 Å². The molecule has 1 spiro atoms. The van der Waals surface area contributed by atoms with Crippen LogP contribution in [0.1, 0.15) is 41.3 Å². The first-order valence-corrected chi connectivity index (χ1v) is 15.6. The number of carbonyl (C=O) groups is 2. The maximum Gasteiger partial charge on any atom is 0.429 e. The van der Waals surface area contributed by atoms with Crippen LogP contribution in [-0.2, 0) is 9.53 Å². The number of nitrogens with two attached hydrogens (primary N) is 1. The first-order valence-electron chi connectivity index (χ1n) is 15.3. The standard InChI is InChI=1S/C32H34ClF3N6O5/c33-21-4-5-22(23(15-21)19-2-1-3-20(14-19)28(43)42-10-12-46-13-11-42)27(32(34,35)36)47-26-16-25(39-30(37)40-26)41-8-6-31(7-9-41)17-24(29(44)45)38-18-31/h1-5,14-16,24,27,38H,6-13,17-18H2,(H,44,45)(H2,37,39,40)/t24-,27?/m0/s1. The molecule has 15 heteroatoms. The van der Waals surface area contributed by atoms with E-state index < -0.39 is 24.3 Å². The van der Waals surface area contributed by atoms with Gasteiger partial charge >= 0.3 is 12.1 Å². The Hall–Kier alpha value is -4.14. The number of aromatic nitrogens is 2. The summed E-state index contributed by atoms with van der Waals surface area (Å²) >= 11 is 6.28. The molecular weight excluding hydrogens is 641 g/mol. The highest BCUT2D eigenvalue weighted by Gasteiger charge is 2.46. The number of rotatable bonds is 7. The summed E-state index contributed by atoms with van der Waals surface area (Å²) in [5.74, 6) is -1.43. The molecular formula is C32H34ClF3N6O5. The lowest BCUT2D eigenvalue weighted by Crippen LogP contribution is -2.41. The topological polar surface area (TPSA) is 143 Å². The van der Waals surface area contributed by atoms with E-state index in [1.54, 1.807) is 29.2 Å². The summed E-state index contributed by atoms with van der Waals surface area (Å²) in [7, 11) is 0. The van der Waals surface area contributed by atoms with Gasteiger partial charge in [-0.25, -0.2) is 0 Å². The van der Waals surface area contributed by atoms with Crippen molar-refractivity contribution in [3.63, 3.8) is 0 Å². The highest BCUT2D eigenvalue weighted by Crippen LogP contribution is 2.43. The van der Waals surface area contributed by atoms with Gasteiger partial charge < -0.3 is 35.4 Å². The summed E-state index contributed by atoms with van der Waals surface area (Å²) in [5.41, 5.74) is 6.38. The third kappa shape index (κ3) is 7.24. The Morgan fingerprint density at radius 1 is 1.09 bits per heavy atom. The van der Waals surface area contributed by atoms with Gasteiger partial charge in [-0.15, -0.1) is 0 Å². The number of halogens is 4. The Kier molecular flexibility index (Phi) is 9.18. The quantitative estimate of drug-likeness (QED) is 0.326. The van der Waals surface area contributed by atoms with E-state index in [0.717, 1.165) is 0 Å². The Morgan fingerprint density at radius 3 is 2.51 bits per heavy atom. The second-order valence-corrected chi connectivity index (χ2v) is 12.6. The molecule has 3 saturated heterocycles. The second kappa shape index (κ2) is 13.2.